The molecule has 2 N–H and O–H groups in total. The lowest BCUT2D eigenvalue weighted by molar-refractivity contribution is -0.116. The average molecular weight is 480 g/mol. The van der Waals surface area contributed by atoms with Crippen LogP contribution in [-0.4, -0.2) is 34.4 Å². The Labute approximate surface area is 199 Å². The van der Waals surface area contributed by atoms with Crippen LogP contribution in [-0.2, 0) is 16.1 Å². The lowest BCUT2D eigenvalue weighted by atomic mass is 10.1. The zero-order valence-electron chi connectivity index (χ0n) is 17.8. The average Bonchev–Trinajstić information content (AvgIpc) is 3.33. The van der Waals surface area contributed by atoms with E-state index in [4.69, 9.17) is 17.0 Å². The zero-order chi connectivity index (χ0) is 23.4. The molecular formula is C24H21N3O4S2. The lowest BCUT2D eigenvalue weighted by Crippen LogP contribution is -2.14. The molecule has 2 aromatic carbocycles. The van der Waals surface area contributed by atoms with Crippen molar-refractivity contribution in [2.45, 2.75) is 19.9 Å². The van der Waals surface area contributed by atoms with Crippen molar-refractivity contribution in [3.8, 4) is 5.88 Å². The van der Waals surface area contributed by atoms with Crippen LogP contribution in [0.3, 0.4) is 0 Å². The highest BCUT2D eigenvalue weighted by atomic mass is 32.1. The van der Waals surface area contributed by atoms with Crippen LogP contribution in [0.15, 0.2) is 53.5 Å². The van der Waals surface area contributed by atoms with Gasteiger partial charge in [0.15, 0.2) is 3.95 Å². The topological polar surface area (TPSA) is 92.9 Å². The number of hydrogen-bond donors (Lipinski definition) is 2. The van der Waals surface area contributed by atoms with E-state index in [-0.39, 0.29) is 24.8 Å². The second-order valence-corrected chi connectivity index (χ2v) is 8.85. The number of hydrogen-bond acceptors (Lipinski definition) is 7. The minimum atomic E-state index is -0.407. The summed E-state index contributed by atoms with van der Waals surface area (Å²) in [6, 6.07) is 14.3. The molecular weight excluding hydrogens is 458 g/mol. The van der Waals surface area contributed by atoms with Gasteiger partial charge in [-0.25, -0.2) is 4.79 Å². The van der Waals surface area contributed by atoms with Crippen molar-refractivity contribution >= 4 is 64.7 Å². The largest absolute Gasteiger partial charge is 0.493 e. The number of allylic oxidation sites excluding steroid dienone is 1. The van der Waals surface area contributed by atoms with Gasteiger partial charge in [0.1, 0.15) is 0 Å². The Morgan fingerprint density at radius 3 is 2.73 bits per heavy atom. The Kier molecular flexibility index (Phi) is 6.81. The van der Waals surface area contributed by atoms with Crippen molar-refractivity contribution in [3.05, 3.63) is 68.5 Å². The Bertz CT molecular complexity index is 1320. The third-order valence-electron chi connectivity index (χ3n) is 4.98. The summed E-state index contributed by atoms with van der Waals surface area (Å²) in [5.74, 6) is -0.610. The number of nitrogens with one attached hydrogen (secondary N) is 1. The van der Waals surface area contributed by atoms with Gasteiger partial charge in [-0.1, -0.05) is 18.2 Å². The Morgan fingerprint density at radius 1 is 1.21 bits per heavy atom. The predicted octanol–water partition coefficient (Wildman–Crippen LogP) is 5.45. The number of aromatic nitrogens is 1. The molecule has 9 heteroatoms. The van der Waals surface area contributed by atoms with Crippen molar-refractivity contribution in [1.29, 1.82) is 0 Å². The molecule has 33 heavy (non-hydrogen) atoms. The van der Waals surface area contributed by atoms with E-state index in [0.717, 1.165) is 16.8 Å². The van der Waals surface area contributed by atoms with Crippen molar-refractivity contribution < 1.29 is 19.4 Å². The second-order valence-electron chi connectivity index (χ2n) is 7.18. The number of anilines is 1. The van der Waals surface area contributed by atoms with Crippen LogP contribution in [0.4, 0.5) is 11.4 Å². The number of benzene rings is 2. The van der Waals surface area contributed by atoms with E-state index < -0.39 is 5.97 Å². The molecule has 0 saturated carbocycles. The van der Waals surface area contributed by atoms with E-state index in [1.807, 2.05) is 30.3 Å². The van der Waals surface area contributed by atoms with Gasteiger partial charge in [0.25, 0.3) is 0 Å². The molecule has 4 rings (SSSR count). The molecule has 1 amide bonds. The van der Waals surface area contributed by atoms with E-state index in [1.54, 1.807) is 42.0 Å². The molecule has 0 radical (unpaired) electrons. The van der Waals surface area contributed by atoms with Crippen LogP contribution in [0, 0.1) is 3.95 Å². The minimum Gasteiger partial charge on any atom is -0.493 e. The number of amides is 1. The molecule has 2 heterocycles. The maximum absolute atomic E-state index is 12.4. The lowest BCUT2D eigenvalue weighted by Gasteiger charge is -2.08. The number of rotatable bonds is 7. The number of ether oxygens (including phenoxy) is 1. The van der Waals surface area contributed by atoms with Gasteiger partial charge in [-0.15, -0.1) is 11.3 Å². The number of carbonyl (C=O) groups is 2. The number of aliphatic imine (C=N–C) groups is 1. The van der Waals surface area contributed by atoms with Crippen LogP contribution in [0.2, 0.25) is 0 Å². The summed E-state index contributed by atoms with van der Waals surface area (Å²) in [6.45, 7) is 2.28. The highest BCUT2D eigenvalue weighted by molar-refractivity contribution is 7.73. The van der Waals surface area contributed by atoms with Crippen LogP contribution < -0.4 is 5.32 Å². The number of aromatic hydroxyl groups is 1. The van der Waals surface area contributed by atoms with Gasteiger partial charge in [-0.2, -0.15) is 0 Å². The first-order chi connectivity index (χ1) is 16.0. The third kappa shape index (κ3) is 5.10. The molecule has 0 unspecified atom stereocenters. The Morgan fingerprint density at radius 2 is 1.97 bits per heavy atom. The van der Waals surface area contributed by atoms with Gasteiger partial charge in [0, 0.05) is 36.0 Å². The first kappa shape index (κ1) is 22.6. The van der Waals surface area contributed by atoms with Gasteiger partial charge >= 0.3 is 5.97 Å². The van der Waals surface area contributed by atoms with E-state index in [1.165, 1.54) is 11.3 Å². The molecule has 0 fully saturated rings. The summed E-state index contributed by atoms with van der Waals surface area (Å²) in [6.07, 6.45) is 3.74. The molecule has 1 aliphatic heterocycles. The number of nitrogens with zero attached hydrogens (tertiary/aromatic N) is 2. The molecule has 0 bridgehead atoms. The van der Waals surface area contributed by atoms with Gasteiger partial charge in [0.05, 0.1) is 22.7 Å². The maximum Gasteiger partial charge on any atom is 0.338 e. The maximum atomic E-state index is 12.4. The van der Waals surface area contributed by atoms with Gasteiger partial charge in [-0.3, -0.25) is 14.4 Å². The summed E-state index contributed by atoms with van der Waals surface area (Å²) in [5, 5.41) is 13.5. The molecule has 0 aliphatic carbocycles. The van der Waals surface area contributed by atoms with E-state index >= 15 is 0 Å². The number of para-hydroxylation sites is 1. The molecule has 1 aromatic heterocycles. The van der Waals surface area contributed by atoms with Gasteiger partial charge < -0.3 is 15.2 Å². The quantitative estimate of drug-likeness (QED) is 0.347. The van der Waals surface area contributed by atoms with Gasteiger partial charge in [0.2, 0.25) is 11.8 Å². The predicted molar refractivity (Wildman–Crippen MR) is 133 cm³/mol. The fourth-order valence-electron chi connectivity index (χ4n) is 3.34. The molecule has 168 valence electrons. The number of carbonyl (C=O) groups excluding carboxylic acids is 2. The molecule has 0 saturated heterocycles. The number of thiazole rings is 1. The summed E-state index contributed by atoms with van der Waals surface area (Å²) >= 11 is 6.68. The molecule has 0 atom stereocenters. The van der Waals surface area contributed by atoms with Crippen molar-refractivity contribution in [1.82, 2.24) is 4.57 Å². The van der Waals surface area contributed by atoms with Crippen LogP contribution in [0.5, 0.6) is 5.88 Å². The summed E-state index contributed by atoms with van der Waals surface area (Å²) in [7, 11) is 0. The van der Waals surface area contributed by atoms with E-state index in [9.17, 15) is 14.7 Å². The zero-order valence-corrected chi connectivity index (χ0v) is 19.4. The molecule has 7 nitrogen and oxygen atoms in total. The van der Waals surface area contributed by atoms with Crippen LogP contribution in [0.25, 0.3) is 11.6 Å². The van der Waals surface area contributed by atoms with Crippen LogP contribution >= 0.6 is 23.6 Å². The van der Waals surface area contributed by atoms with Crippen LogP contribution in [0.1, 0.15) is 34.1 Å². The first-order valence-corrected chi connectivity index (χ1v) is 11.5. The van der Waals surface area contributed by atoms with E-state index in [0.29, 0.717) is 26.7 Å². The fourth-order valence-corrected chi connectivity index (χ4v) is 4.65. The van der Waals surface area contributed by atoms with E-state index in [2.05, 4.69) is 10.3 Å². The molecule has 0 spiro atoms. The minimum absolute atomic E-state index is 0.0295. The van der Waals surface area contributed by atoms with Crippen molar-refractivity contribution in [2.24, 2.45) is 4.99 Å². The highest BCUT2D eigenvalue weighted by Gasteiger charge is 2.16. The normalized spacial score (nSPS) is 13.2. The number of esters is 1. The Hall–Kier alpha value is -3.56. The second kappa shape index (κ2) is 9.93. The standard InChI is InChI=1S/C24H21N3O4S2/c1-2-31-23(30)15-7-9-17(10-8-15)26-21(28)11-12-27-22(29)20(33-24(27)32)13-16-14-25-19-6-4-3-5-18(16)19/h3-10,13-14,29H,2,11-12H2,1H3,(H,26,28)/b16-13+. The summed E-state index contributed by atoms with van der Waals surface area (Å²) in [5.41, 5.74) is 3.76. The monoisotopic (exact) mass is 479 g/mol. The van der Waals surface area contributed by atoms with Crippen molar-refractivity contribution in [3.63, 3.8) is 0 Å². The first-order valence-electron chi connectivity index (χ1n) is 10.3. The summed E-state index contributed by atoms with van der Waals surface area (Å²) < 4.78 is 6.98. The third-order valence-corrected chi connectivity index (χ3v) is 6.37. The molecule has 1 aliphatic rings. The van der Waals surface area contributed by atoms with Crippen molar-refractivity contribution in [2.75, 3.05) is 11.9 Å². The summed E-state index contributed by atoms with van der Waals surface area (Å²) in [4.78, 5) is 29.1. The Balaban J connectivity index is 1.40. The molecule has 3 aromatic rings. The highest BCUT2D eigenvalue weighted by Crippen LogP contribution is 2.35. The SMILES string of the molecule is CCOC(=O)c1ccc(NC(=O)CCn2c(O)c(/C=C3\C=Nc4ccccc43)sc2=S)cc1. The fraction of sp³-hybridized carbons (Fsp3) is 0.167. The van der Waals surface area contributed by atoms with Gasteiger partial charge in [-0.05, 0) is 55.5 Å². The smallest absolute Gasteiger partial charge is 0.338 e. The number of fused-ring (bicyclic) bond motifs is 1.